The van der Waals surface area contributed by atoms with Gasteiger partial charge in [-0.25, -0.2) is 4.67 Å². The maximum Gasteiger partial charge on any atom is 0.259 e. The number of rotatable bonds is 13. The van der Waals surface area contributed by atoms with E-state index in [4.69, 9.17) is 19.0 Å². The maximum absolute atomic E-state index is 12.0. The van der Waals surface area contributed by atoms with E-state index in [1.165, 1.54) is 22.5 Å². The van der Waals surface area contributed by atoms with Gasteiger partial charge in [-0.15, -0.1) is 0 Å². The van der Waals surface area contributed by atoms with Crippen LogP contribution in [-0.4, -0.2) is 48.4 Å². The Hall–Kier alpha value is -2.75. The Bertz CT molecular complexity index is 1330. The number of hydrogen-bond donors (Lipinski definition) is 0. The number of allylic oxidation sites excluding steroid dienone is 4. The zero-order valence-corrected chi connectivity index (χ0v) is 26.5. The van der Waals surface area contributed by atoms with Crippen LogP contribution in [0.4, 0.5) is 5.69 Å². The first-order valence-electron chi connectivity index (χ1n) is 15.4. The largest absolute Gasteiger partial charge is 0.485 e. The van der Waals surface area contributed by atoms with Gasteiger partial charge in [0.15, 0.2) is 5.78 Å². The van der Waals surface area contributed by atoms with Gasteiger partial charge in [-0.1, -0.05) is 31.0 Å². The number of ether oxygens (including phenoxy) is 1. The first-order valence-corrected chi connectivity index (χ1v) is 16.5. The highest BCUT2D eigenvalue weighted by atomic mass is 31.2. The van der Waals surface area contributed by atoms with Crippen molar-refractivity contribution in [3.8, 4) is 6.07 Å². The minimum absolute atomic E-state index is 0.0137. The molecule has 0 aromatic heterocycles. The third-order valence-electron chi connectivity index (χ3n) is 8.57. The molecule has 3 aliphatic heterocycles. The molecule has 5 rings (SSSR count). The van der Waals surface area contributed by atoms with Crippen LogP contribution in [0.15, 0.2) is 71.2 Å². The molecule has 42 heavy (non-hydrogen) atoms. The first kappa shape index (κ1) is 30.7. The average molecular weight is 590 g/mol. The summed E-state index contributed by atoms with van der Waals surface area (Å²) in [7, 11) is -1.20. The molecule has 1 aliphatic carbocycles. The van der Waals surface area contributed by atoms with Crippen LogP contribution in [0, 0.1) is 11.3 Å². The molecule has 0 radical (unpaired) electrons. The number of carbonyl (C=O) groups excluding carboxylic acids is 1. The van der Waals surface area contributed by atoms with Crippen LogP contribution in [0.3, 0.4) is 0 Å². The lowest BCUT2D eigenvalue weighted by molar-refractivity contribution is -0.110. The van der Waals surface area contributed by atoms with Crippen LogP contribution in [-0.2, 0) is 24.0 Å². The highest BCUT2D eigenvalue weighted by molar-refractivity contribution is 7.44. The number of unbranched alkanes of at least 4 members (excludes halogenated alkanes) is 2. The molecule has 0 fully saturated rings. The summed E-state index contributed by atoms with van der Waals surface area (Å²) >= 11 is 0. The fourth-order valence-electron chi connectivity index (χ4n) is 6.79. The van der Waals surface area contributed by atoms with E-state index in [1.807, 2.05) is 6.08 Å². The van der Waals surface area contributed by atoms with E-state index >= 15 is 0 Å². The van der Waals surface area contributed by atoms with Crippen LogP contribution in [0.5, 0.6) is 0 Å². The Morgan fingerprint density at radius 3 is 2.62 bits per heavy atom. The molecule has 0 bridgehead atoms. The monoisotopic (exact) mass is 589 g/mol. The Kier molecular flexibility index (Phi) is 9.70. The Morgan fingerprint density at radius 1 is 1.10 bits per heavy atom. The maximum atomic E-state index is 12.0. The van der Waals surface area contributed by atoms with Gasteiger partial charge in [0.2, 0.25) is 0 Å². The second-order valence-electron chi connectivity index (χ2n) is 12.2. The minimum Gasteiger partial charge on any atom is -0.485 e. The predicted molar refractivity (Wildman–Crippen MR) is 168 cm³/mol. The van der Waals surface area contributed by atoms with Crippen molar-refractivity contribution < 1.29 is 18.6 Å². The average Bonchev–Trinajstić information content (AvgIpc) is 3.22. The number of ketones is 1. The quantitative estimate of drug-likeness (QED) is 0.173. The molecule has 1 aromatic rings. The normalized spacial score (nSPS) is 23.3. The molecule has 3 unspecified atom stereocenters. The molecule has 3 atom stereocenters. The molecule has 0 amide bonds. The van der Waals surface area contributed by atoms with E-state index in [-0.39, 0.29) is 17.3 Å². The van der Waals surface area contributed by atoms with Crippen molar-refractivity contribution in [2.75, 3.05) is 24.7 Å². The van der Waals surface area contributed by atoms with Crippen LogP contribution in [0.25, 0.3) is 0 Å². The summed E-state index contributed by atoms with van der Waals surface area (Å²) in [5.41, 5.74) is 6.15. The summed E-state index contributed by atoms with van der Waals surface area (Å²) in [6.45, 7) is 13.0. The highest BCUT2D eigenvalue weighted by Gasteiger charge is 2.48. The lowest BCUT2D eigenvalue weighted by atomic mass is 9.74. The minimum atomic E-state index is -1.20. The van der Waals surface area contributed by atoms with Crippen molar-refractivity contribution in [2.24, 2.45) is 0 Å². The van der Waals surface area contributed by atoms with Gasteiger partial charge in [0, 0.05) is 59.1 Å². The summed E-state index contributed by atoms with van der Waals surface area (Å²) < 4.78 is 21.1. The van der Waals surface area contributed by atoms with Gasteiger partial charge in [-0.3, -0.25) is 4.79 Å². The summed E-state index contributed by atoms with van der Waals surface area (Å²) in [5, 5.41) is 8.97. The molecular weight excluding hydrogens is 545 g/mol. The second kappa shape index (κ2) is 13.3. The van der Waals surface area contributed by atoms with Gasteiger partial charge in [0.25, 0.3) is 8.53 Å². The van der Waals surface area contributed by atoms with Crippen molar-refractivity contribution in [3.63, 3.8) is 0 Å². The molecule has 0 N–H and O–H groups in total. The van der Waals surface area contributed by atoms with E-state index in [2.05, 4.69) is 80.6 Å². The molecule has 0 saturated heterocycles. The van der Waals surface area contributed by atoms with E-state index in [0.29, 0.717) is 37.5 Å². The third-order valence-corrected chi connectivity index (χ3v) is 10.7. The summed E-state index contributed by atoms with van der Waals surface area (Å²) in [4.78, 5) is 14.5. The van der Waals surface area contributed by atoms with Crippen LogP contribution >= 0.6 is 8.53 Å². The number of fused-ring (bicyclic) bond motifs is 5. The predicted octanol–water partition coefficient (Wildman–Crippen LogP) is 7.62. The lowest BCUT2D eigenvalue weighted by Gasteiger charge is -2.41. The smallest absolute Gasteiger partial charge is 0.259 e. The standard InChI is InChI=1S/C34H44N3O4P/c1-24(2)37(25(3)4)42(40-21-11-18-35)39-20-10-6-9-17-34(5)29-12-7-8-13-30(29)36-19-16-31-28(33(34)36)22-26-14-15-27(38)23-32(26)41-31/h7-8,12-15,22-25,31H,6,9-11,16-17,19-21H2,1-5H3. The molecule has 224 valence electrons. The molecule has 4 aliphatic rings. The van der Waals surface area contributed by atoms with E-state index < -0.39 is 8.53 Å². The molecule has 8 heteroatoms. The topological polar surface area (TPSA) is 75.0 Å². The first-order chi connectivity index (χ1) is 20.2. The fraction of sp³-hybridized carbons (Fsp3) is 0.529. The number of carbonyl (C=O) groups is 1. The van der Waals surface area contributed by atoms with Crippen molar-refractivity contribution in [1.82, 2.24) is 4.67 Å². The Morgan fingerprint density at radius 2 is 1.86 bits per heavy atom. The molecular formula is C34H44N3O4P. The van der Waals surface area contributed by atoms with Gasteiger partial charge in [0.05, 0.1) is 25.7 Å². The lowest BCUT2D eigenvalue weighted by Crippen LogP contribution is -2.40. The van der Waals surface area contributed by atoms with E-state index in [0.717, 1.165) is 44.2 Å². The van der Waals surface area contributed by atoms with E-state index in [9.17, 15) is 4.79 Å². The summed E-state index contributed by atoms with van der Waals surface area (Å²) in [5.74, 6) is 0.688. The summed E-state index contributed by atoms with van der Waals surface area (Å²) in [6.07, 6.45) is 12.7. The van der Waals surface area contributed by atoms with Gasteiger partial charge < -0.3 is 18.7 Å². The van der Waals surface area contributed by atoms with Gasteiger partial charge >= 0.3 is 0 Å². The van der Waals surface area contributed by atoms with E-state index in [1.54, 1.807) is 12.2 Å². The molecule has 7 nitrogen and oxygen atoms in total. The van der Waals surface area contributed by atoms with Crippen LogP contribution < -0.4 is 4.90 Å². The van der Waals surface area contributed by atoms with Gasteiger partial charge in [0.1, 0.15) is 11.9 Å². The number of nitrogens with zero attached hydrogens (tertiary/aromatic N) is 3. The number of nitriles is 1. The highest BCUT2D eigenvalue weighted by Crippen LogP contribution is 2.55. The number of anilines is 1. The number of para-hydroxylation sites is 1. The van der Waals surface area contributed by atoms with Crippen molar-refractivity contribution >= 4 is 20.0 Å². The van der Waals surface area contributed by atoms with Gasteiger partial charge in [-0.2, -0.15) is 5.26 Å². The SMILES string of the molecule is CC(C)N(C(C)C)P(OCCC#N)OCCCCCC1(C)C2=C3C=C4C=CC(=O)C=C4OC3CCN2c2ccccc21. The van der Waals surface area contributed by atoms with Crippen LogP contribution in [0.1, 0.15) is 78.7 Å². The Labute approximate surface area is 252 Å². The molecule has 1 aromatic carbocycles. The second-order valence-corrected chi connectivity index (χ2v) is 13.7. The van der Waals surface area contributed by atoms with Crippen molar-refractivity contribution in [2.45, 2.75) is 96.7 Å². The fourth-order valence-corrected chi connectivity index (χ4v) is 8.42. The van der Waals surface area contributed by atoms with Crippen molar-refractivity contribution in [1.29, 1.82) is 5.26 Å². The van der Waals surface area contributed by atoms with Crippen molar-refractivity contribution in [3.05, 3.63) is 76.7 Å². The number of hydrogen-bond acceptors (Lipinski definition) is 7. The molecule has 0 spiro atoms. The van der Waals surface area contributed by atoms with Gasteiger partial charge in [-0.05, 0) is 77.3 Å². The summed E-state index contributed by atoms with van der Waals surface area (Å²) in [6, 6.07) is 11.6. The Balaban J connectivity index is 1.29. The number of benzene rings is 1. The zero-order valence-electron chi connectivity index (χ0n) is 25.6. The van der Waals surface area contributed by atoms with Crippen LogP contribution in [0.2, 0.25) is 0 Å². The third kappa shape index (κ3) is 6.15. The molecule has 3 heterocycles. The molecule has 0 saturated carbocycles. The zero-order chi connectivity index (χ0) is 29.9.